The number of nitrogens with one attached hydrogen (secondary N) is 2. The average molecular weight is 389 g/mol. The van der Waals surface area contributed by atoms with E-state index in [1.165, 1.54) is 6.92 Å². The second kappa shape index (κ2) is 8.31. The molecule has 5 nitrogen and oxygen atoms in total. The molecule has 0 bridgehead atoms. The molecular formula is C18H17BrN2O3. The average Bonchev–Trinajstić information content (AvgIpc) is 2.56. The first kappa shape index (κ1) is 17.7. The van der Waals surface area contributed by atoms with Crippen LogP contribution in [0.2, 0.25) is 0 Å². The van der Waals surface area contributed by atoms with Gasteiger partial charge in [-0.1, -0.05) is 28.1 Å². The summed E-state index contributed by atoms with van der Waals surface area (Å²) in [4.78, 5) is 23.8. The second-order valence-corrected chi connectivity index (χ2v) is 5.89. The molecule has 2 rings (SSSR count). The van der Waals surface area contributed by atoms with Crippen molar-refractivity contribution in [3.05, 3.63) is 64.3 Å². The van der Waals surface area contributed by atoms with Crippen LogP contribution in [0.25, 0.3) is 6.08 Å². The zero-order valence-electron chi connectivity index (χ0n) is 13.3. The van der Waals surface area contributed by atoms with E-state index in [1.807, 2.05) is 12.1 Å². The minimum atomic E-state index is -0.400. The molecule has 0 atom stereocenters. The summed E-state index contributed by atoms with van der Waals surface area (Å²) in [5.41, 5.74) is 1.57. The number of ether oxygens (including phenoxy) is 1. The predicted octanol–water partition coefficient (Wildman–Crippen LogP) is 3.57. The van der Waals surface area contributed by atoms with Crippen LogP contribution in [-0.2, 0) is 9.59 Å². The first-order chi connectivity index (χ1) is 11.5. The lowest BCUT2D eigenvalue weighted by atomic mass is 10.1. The van der Waals surface area contributed by atoms with E-state index in [9.17, 15) is 9.59 Å². The van der Waals surface area contributed by atoms with Gasteiger partial charge < -0.3 is 15.4 Å². The van der Waals surface area contributed by atoms with Crippen LogP contribution in [0.1, 0.15) is 12.5 Å². The van der Waals surface area contributed by atoms with Crippen LogP contribution >= 0.6 is 15.9 Å². The fourth-order valence-electron chi connectivity index (χ4n) is 1.95. The topological polar surface area (TPSA) is 67.4 Å². The van der Waals surface area contributed by atoms with E-state index in [4.69, 9.17) is 4.74 Å². The molecule has 0 saturated heterocycles. The molecule has 0 fully saturated rings. The van der Waals surface area contributed by atoms with E-state index in [0.717, 1.165) is 10.0 Å². The van der Waals surface area contributed by atoms with Crippen molar-refractivity contribution in [1.29, 1.82) is 0 Å². The second-order valence-electron chi connectivity index (χ2n) is 4.97. The van der Waals surface area contributed by atoms with Crippen LogP contribution in [-0.4, -0.2) is 18.9 Å². The summed E-state index contributed by atoms with van der Waals surface area (Å²) < 4.78 is 6.01. The monoisotopic (exact) mass is 388 g/mol. The zero-order valence-corrected chi connectivity index (χ0v) is 14.9. The molecule has 2 amide bonds. The smallest absolute Gasteiger partial charge is 0.272 e. The number of halogens is 1. The maximum absolute atomic E-state index is 12.4. The molecule has 0 saturated carbocycles. The van der Waals surface area contributed by atoms with E-state index in [0.29, 0.717) is 11.4 Å². The van der Waals surface area contributed by atoms with Gasteiger partial charge in [-0.3, -0.25) is 9.59 Å². The van der Waals surface area contributed by atoms with Gasteiger partial charge in [-0.05, 0) is 48.0 Å². The van der Waals surface area contributed by atoms with Crippen molar-refractivity contribution in [1.82, 2.24) is 5.32 Å². The van der Waals surface area contributed by atoms with Gasteiger partial charge in [-0.2, -0.15) is 0 Å². The van der Waals surface area contributed by atoms with Gasteiger partial charge in [0.1, 0.15) is 11.4 Å². The summed E-state index contributed by atoms with van der Waals surface area (Å²) in [6.07, 6.45) is 1.61. The Labute approximate surface area is 148 Å². The SMILES string of the molecule is COc1ccc(C=C(NC(C)=O)C(=O)Nc2ccc(Br)cc2)cc1. The van der Waals surface area contributed by atoms with E-state index in [-0.39, 0.29) is 11.6 Å². The van der Waals surface area contributed by atoms with E-state index >= 15 is 0 Å². The number of anilines is 1. The zero-order chi connectivity index (χ0) is 17.5. The summed E-state index contributed by atoms with van der Waals surface area (Å²) in [5, 5.41) is 5.31. The number of rotatable bonds is 5. The lowest BCUT2D eigenvalue weighted by molar-refractivity contribution is -0.120. The molecule has 2 N–H and O–H groups in total. The maximum Gasteiger partial charge on any atom is 0.272 e. The van der Waals surface area contributed by atoms with Crippen molar-refractivity contribution >= 4 is 39.5 Å². The third-order valence-corrected chi connectivity index (χ3v) is 3.61. The Bertz CT molecular complexity index is 753. The van der Waals surface area contributed by atoms with Gasteiger partial charge in [-0.25, -0.2) is 0 Å². The Morgan fingerprint density at radius 3 is 2.21 bits per heavy atom. The summed E-state index contributed by atoms with van der Waals surface area (Å²) in [6, 6.07) is 14.3. The minimum Gasteiger partial charge on any atom is -0.497 e. The molecule has 0 spiro atoms. The van der Waals surface area contributed by atoms with Crippen molar-refractivity contribution in [3.63, 3.8) is 0 Å². The Balaban J connectivity index is 2.22. The molecule has 0 aliphatic heterocycles. The number of amides is 2. The molecule has 0 heterocycles. The van der Waals surface area contributed by atoms with Gasteiger partial charge >= 0.3 is 0 Å². The first-order valence-electron chi connectivity index (χ1n) is 7.18. The summed E-state index contributed by atoms with van der Waals surface area (Å²) >= 11 is 3.34. The fraction of sp³-hybridized carbons (Fsp3) is 0.111. The van der Waals surface area contributed by atoms with Crippen molar-refractivity contribution in [2.24, 2.45) is 0 Å². The highest BCUT2D eigenvalue weighted by atomic mass is 79.9. The van der Waals surface area contributed by atoms with Gasteiger partial charge in [0.15, 0.2) is 0 Å². The van der Waals surface area contributed by atoms with Crippen LogP contribution < -0.4 is 15.4 Å². The predicted molar refractivity (Wildman–Crippen MR) is 97.6 cm³/mol. The molecule has 0 aliphatic carbocycles. The van der Waals surface area contributed by atoms with Crippen molar-refractivity contribution in [2.75, 3.05) is 12.4 Å². The third kappa shape index (κ3) is 5.24. The summed E-state index contributed by atoms with van der Waals surface area (Å²) in [7, 11) is 1.58. The van der Waals surface area contributed by atoms with Crippen LogP contribution in [0.4, 0.5) is 5.69 Å². The number of benzene rings is 2. The van der Waals surface area contributed by atoms with Crippen LogP contribution in [0.5, 0.6) is 5.75 Å². The lowest BCUT2D eigenvalue weighted by Gasteiger charge is -2.10. The quantitative estimate of drug-likeness (QED) is 0.769. The van der Waals surface area contributed by atoms with Gasteiger partial charge in [0.2, 0.25) is 5.91 Å². The molecule has 0 aromatic heterocycles. The van der Waals surface area contributed by atoms with Gasteiger partial charge in [-0.15, -0.1) is 0 Å². The van der Waals surface area contributed by atoms with E-state index in [1.54, 1.807) is 49.6 Å². The van der Waals surface area contributed by atoms with Gasteiger partial charge in [0, 0.05) is 17.1 Å². The van der Waals surface area contributed by atoms with Crippen molar-refractivity contribution < 1.29 is 14.3 Å². The van der Waals surface area contributed by atoms with Gasteiger partial charge in [0.25, 0.3) is 5.91 Å². The standard InChI is InChI=1S/C18H17BrN2O3/c1-12(22)20-17(11-13-3-9-16(24-2)10-4-13)18(23)21-15-7-5-14(19)6-8-15/h3-11H,1-2H3,(H,20,22)(H,21,23). The highest BCUT2D eigenvalue weighted by molar-refractivity contribution is 9.10. The molecule has 0 radical (unpaired) electrons. The largest absolute Gasteiger partial charge is 0.497 e. The molecule has 0 unspecified atom stereocenters. The Morgan fingerprint density at radius 1 is 1.04 bits per heavy atom. The molecule has 2 aromatic carbocycles. The number of methoxy groups -OCH3 is 1. The van der Waals surface area contributed by atoms with E-state index in [2.05, 4.69) is 26.6 Å². The molecule has 2 aromatic rings. The molecule has 0 aliphatic rings. The number of hydrogen-bond acceptors (Lipinski definition) is 3. The molecular weight excluding hydrogens is 372 g/mol. The van der Waals surface area contributed by atoms with Crippen LogP contribution in [0.3, 0.4) is 0 Å². The Morgan fingerprint density at radius 2 is 1.67 bits per heavy atom. The third-order valence-electron chi connectivity index (χ3n) is 3.08. The maximum atomic E-state index is 12.4. The highest BCUT2D eigenvalue weighted by Crippen LogP contribution is 2.16. The number of hydrogen-bond donors (Lipinski definition) is 2. The highest BCUT2D eigenvalue weighted by Gasteiger charge is 2.11. The van der Waals surface area contributed by atoms with Gasteiger partial charge in [0.05, 0.1) is 7.11 Å². The van der Waals surface area contributed by atoms with Crippen molar-refractivity contribution in [2.45, 2.75) is 6.92 Å². The fourth-order valence-corrected chi connectivity index (χ4v) is 2.21. The first-order valence-corrected chi connectivity index (χ1v) is 7.97. The summed E-state index contributed by atoms with van der Waals surface area (Å²) in [5.74, 6) is -0.00315. The number of carbonyl (C=O) groups excluding carboxylic acids is 2. The number of carbonyl (C=O) groups is 2. The van der Waals surface area contributed by atoms with Crippen molar-refractivity contribution in [3.8, 4) is 5.75 Å². The molecule has 24 heavy (non-hydrogen) atoms. The van der Waals surface area contributed by atoms with E-state index < -0.39 is 5.91 Å². The van der Waals surface area contributed by atoms with Crippen LogP contribution in [0.15, 0.2) is 58.7 Å². The lowest BCUT2D eigenvalue weighted by Crippen LogP contribution is -2.28. The molecule has 6 heteroatoms. The Hall–Kier alpha value is -2.60. The summed E-state index contributed by atoms with van der Waals surface area (Å²) in [6.45, 7) is 1.36. The minimum absolute atomic E-state index is 0.163. The Kier molecular flexibility index (Phi) is 6.14. The molecule has 124 valence electrons. The van der Waals surface area contributed by atoms with Crippen LogP contribution in [0, 0.1) is 0 Å². The normalized spacial score (nSPS) is 10.9.